The van der Waals surface area contributed by atoms with Crippen molar-refractivity contribution in [2.75, 3.05) is 0 Å². The molecule has 0 saturated heterocycles. The Labute approximate surface area is 161 Å². The van der Waals surface area contributed by atoms with Gasteiger partial charge in [-0.15, -0.1) is 0 Å². The minimum atomic E-state index is -1.26. The zero-order valence-corrected chi connectivity index (χ0v) is 16.7. The molecule has 130 valence electrons. The van der Waals surface area contributed by atoms with Gasteiger partial charge in [0.1, 0.15) is 21.7 Å². The topological polar surface area (TPSA) is 55.5 Å². The molecule has 4 nitrogen and oxygen atoms in total. The van der Waals surface area contributed by atoms with Gasteiger partial charge in [-0.05, 0) is 43.0 Å². The van der Waals surface area contributed by atoms with Gasteiger partial charge in [0.25, 0.3) is 0 Å². The van der Waals surface area contributed by atoms with Crippen molar-refractivity contribution < 1.29 is 8.63 Å². The highest BCUT2D eigenvalue weighted by Crippen LogP contribution is 2.39. The first-order valence-electron chi connectivity index (χ1n) is 8.20. The Morgan fingerprint density at radius 3 is 2.96 bits per heavy atom. The number of hydrogen-bond donors (Lipinski definition) is 0. The van der Waals surface area contributed by atoms with E-state index < -0.39 is 11.0 Å². The SMILES string of the molecule is CCCC1CC1S(=O)N=c1c2cc(Br)ccc2oc2cnc(Cl)cc12. The molecule has 2 aromatic heterocycles. The van der Waals surface area contributed by atoms with Gasteiger partial charge in [-0.3, -0.25) is 0 Å². The summed E-state index contributed by atoms with van der Waals surface area (Å²) in [6.07, 6.45) is 4.79. The Hall–Kier alpha value is -1.24. The maximum Gasteiger partial charge on any atom is 0.155 e. The summed E-state index contributed by atoms with van der Waals surface area (Å²) in [4.78, 5) is 4.08. The van der Waals surface area contributed by atoms with E-state index in [-0.39, 0.29) is 5.25 Å². The third kappa shape index (κ3) is 3.39. The maximum absolute atomic E-state index is 12.8. The van der Waals surface area contributed by atoms with Crippen LogP contribution in [0.4, 0.5) is 0 Å². The second kappa shape index (κ2) is 6.82. The number of halogens is 2. The van der Waals surface area contributed by atoms with Crippen LogP contribution in [0.25, 0.3) is 21.9 Å². The Morgan fingerprint density at radius 2 is 2.16 bits per heavy atom. The number of benzene rings is 1. The normalized spacial score (nSPS) is 21.8. The van der Waals surface area contributed by atoms with Crippen LogP contribution in [-0.2, 0) is 11.0 Å². The fraction of sp³-hybridized carbons (Fsp3) is 0.333. The van der Waals surface area contributed by atoms with Crippen molar-refractivity contribution in [2.45, 2.75) is 31.4 Å². The molecule has 1 fully saturated rings. The summed E-state index contributed by atoms with van der Waals surface area (Å²) in [6.45, 7) is 2.15. The van der Waals surface area contributed by atoms with E-state index >= 15 is 0 Å². The van der Waals surface area contributed by atoms with E-state index in [0.29, 0.717) is 27.6 Å². The summed E-state index contributed by atoms with van der Waals surface area (Å²) in [5, 5.41) is 2.71. The molecule has 7 heteroatoms. The highest BCUT2D eigenvalue weighted by atomic mass is 79.9. The Bertz CT molecular complexity index is 1000. The van der Waals surface area contributed by atoms with Crippen LogP contribution < -0.4 is 5.36 Å². The van der Waals surface area contributed by atoms with Crippen LogP contribution >= 0.6 is 27.5 Å². The van der Waals surface area contributed by atoms with Crippen LogP contribution in [0.3, 0.4) is 0 Å². The Morgan fingerprint density at radius 1 is 1.36 bits per heavy atom. The lowest BCUT2D eigenvalue weighted by atomic mass is 10.1. The largest absolute Gasteiger partial charge is 0.454 e. The third-order valence-corrected chi connectivity index (χ3v) is 6.62. The van der Waals surface area contributed by atoms with Gasteiger partial charge < -0.3 is 4.42 Å². The zero-order valence-electron chi connectivity index (χ0n) is 13.5. The molecule has 1 aliphatic rings. The number of hydrogen-bond acceptors (Lipinski definition) is 3. The molecule has 2 heterocycles. The number of aromatic nitrogens is 1. The summed E-state index contributed by atoms with van der Waals surface area (Å²) < 4.78 is 24.2. The van der Waals surface area contributed by atoms with Crippen molar-refractivity contribution in [2.24, 2.45) is 10.3 Å². The lowest BCUT2D eigenvalue weighted by molar-refractivity contribution is 0.657. The molecule has 0 spiro atoms. The van der Waals surface area contributed by atoms with Gasteiger partial charge >= 0.3 is 0 Å². The summed E-state index contributed by atoms with van der Waals surface area (Å²) in [5.74, 6) is 0.525. The molecule has 0 bridgehead atoms. The fourth-order valence-electron chi connectivity index (χ4n) is 3.12. The van der Waals surface area contributed by atoms with Crippen molar-refractivity contribution in [3.05, 3.63) is 45.4 Å². The minimum absolute atomic E-state index is 0.159. The van der Waals surface area contributed by atoms with E-state index in [0.717, 1.165) is 34.5 Å². The maximum atomic E-state index is 12.8. The first-order chi connectivity index (χ1) is 12.1. The molecule has 1 saturated carbocycles. The van der Waals surface area contributed by atoms with Crippen LogP contribution in [0.5, 0.6) is 0 Å². The average molecular weight is 440 g/mol. The van der Waals surface area contributed by atoms with Crippen LogP contribution in [-0.4, -0.2) is 14.4 Å². The van der Waals surface area contributed by atoms with Crippen LogP contribution in [0.1, 0.15) is 26.2 Å². The summed E-state index contributed by atoms with van der Waals surface area (Å²) in [7, 11) is -1.26. The smallest absolute Gasteiger partial charge is 0.155 e. The predicted octanol–water partition coefficient (Wildman–Crippen LogP) is 5.15. The molecule has 3 atom stereocenters. The molecule has 3 unspecified atom stereocenters. The minimum Gasteiger partial charge on any atom is -0.454 e. The van der Waals surface area contributed by atoms with Crippen LogP contribution in [0.15, 0.2) is 43.7 Å². The fourth-order valence-corrected chi connectivity index (χ4v) is 5.03. The van der Waals surface area contributed by atoms with Crippen molar-refractivity contribution in [1.82, 2.24) is 4.98 Å². The lowest BCUT2D eigenvalue weighted by Crippen LogP contribution is -2.10. The first kappa shape index (κ1) is 17.2. The molecule has 1 aliphatic carbocycles. The van der Waals surface area contributed by atoms with E-state index in [1.165, 1.54) is 0 Å². The van der Waals surface area contributed by atoms with Gasteiger partial charge in [-0.2, -0.15) is 4.40 Å². The van der Waals surface area contributed by atoms with E-state index in [4.69, 9.17) is 16.0 Å². The zero-order chi connectivity index (χ0) is 17.6. The third-order valence-electron chi connectivity index (χ3n) is 4.46. The summed E-state index contributed by atoms with van der Waals surface area (Å²) in [5.41, 5.74) is 1.26. The van der Waals surface area contributed by atoms with Gasteiger partial charge in [0, 0.05) is 15.2 Å². The number of fused-ring (bicyclic) bond motifs is 2. The molecule has 1 aromatic carbocycles. The van der Waals surface area contributed by atoms with Crippen LogP contribution in [0.2, 0.25) is 5.15 Å². The van der Waals surface area contributed by atoms with Gasteiger partial charge in [0.2, 0.25) is 0 Å². The predicted molar refractivity (Wildman–Crippen MR) is 105 cm³/mol. The monoisotopic (exact) mass is 438 g/mol. The van der Waals surface area contributed by atoms with Gasteiger partial charge in [0.15, 0.2) is 5.58 Å². The number of pyridine rings is 1. The molecule has 0 radical (unpaired) electrons. The number of rotatable bonds is 4. The highest BCUT2D eigenvalue weighted by molar-refractivity contribution is 9.10. The van der Waals surface area contributed by atoms with Gasteiger partial charge in [-0.25, -0.2) is 9.19 Å². The Balaban J connectivity index is 1.95. The van der Waals surface area contributed by atoms with Gasteiger partial charge in [0.05, 0.1) is 16.8 Å². The average Bonchev–Trinajstić information content (AvgIpc) is 3.35. The molecule has 0 N–H and O–H groups in total. The van der Waals surface area contributed by atoms with Crippen molar-refractivity contribution in [3.8, 4) is 0 Å². The summed E-state index contributed by atoms with van der Waals surface area (Å²) in [6, 6.07) is 7.42. The molecular weight excluding hydrogens is 424 g/mol. The van der Waals surface area contributed by atoms with E-state index in [1.807, 2.05) is 18.2 Å². The highest BCUT2D eigenvalue weighted by Gasteiger charge is 2.41. The van der Waals surface area contributed by atoms with Crippen molar-refractivity contribution >= 4 is 60.5 Å². The number of nitrogens with zero attached hydrogens (tertiary/aromatic N) is 2. The lowest BCUT2D eigenvalue weighted by Gasteiger charge is -2.05. The van der Waals surface area contributed by atoms with E-state index in [9.17, 15) is 4.21 Å². The molecular formula is C18H16BrClN2O2S. The second-order valence-electron chi connectivity index (χ2n) is 6.28. The van der Waals surface area contributed by atoms with Crippen molar-refractivity contribution in [3.63, 3.8) is 0 Å². The first-order valence-corrected chi connectivity index (χ1v) is 10.5. The standard InChI is InChI=1S/C18H16BrClN2O2S/c1-2-3-10-6-16(10)25(23)22-18-12-7-11(19)4-5-14(12)24-15-9-21-17(20)8-13(15)18/h4-5,7-10,16H,2-3,6H2,1H3. The van der Waals surface area contributed by atoms with E-state index in [2.05, 4.69) is 32.2 Å². The second-order valence-corrected chi connectivity index (χ2v) is 8.93. The van der Waals surface area contributed by atoms with Crippen LogP contribution in [0, 0.1) is 5.92 Å². The Kier molecular flexibility index (Phi) is 4.69. The molecule has 0 amide bonds. The molecule has 4 rings (SSSR count). The quantitative estimate of drug-likeness (QED) is 0.417. The molecule has 3 aromatic rings. The molecule has 0 aliphatic heterocycles. The molecule has 25 heavy (non-hydrogen) atoms. The van der Waals surface area contributed by atoms with E-state index in [1.54, 1.807) is 12.3 Å². The van der Waals surface area contributed by atoms with Gasteiger partial charge in [-0.1, -0.05) is 40.9 Å². The van der Waals surface area contributed by atoms with Crippen molar-refractivity contribution in [1.29, 1.82) is 0 Å². The summed E-state index contributed by atoms with van der Waals surface area (Å²) >= 11 is 9.55.